The molecule has 0 aliphatic carbocycles. The van der Waals surface area contributed by atoms with E-state index in [-0.39, 0.29) is 17.3 Å². The quantitative estimate of drug-likeness (QED) is 0.511. The molecule has 0 unspecified atom stereocenters. The second kappa shape index (κ2) is 9.25. The van der Waals surface area contributed by atoms with Crippen molar-refractivity contribution in [2.24, 2.45) is 5.92 Å². The molecule has 1 aliphatic heterocycles. The maximum Gasteiger partial charge on any atom is 0.318 e. The molecule has 3 N–H and O–H groups in total. The highest BCUT2D eigenvalue weighted by Gasteiger charge is 2.23. The molecule has 0 radical (unpaired) electrons. The van der Waals surface area contributed by atoms with E-state index in [4.69, 9.17) is 0 Å². The second-order valence-electron chi connectivity index (χ2n) is 7.36. The van der Waals surface area contributed by atoms with Crippen LogP contribution in [0.5, 0.6) is 0 Å². The minimum absolute atomic E-state index is 0.126. The summed E-state index contributed by atoms with van der Waals surface area (Å²) in [5.41, 5.74) is 1.94. The van der Waals surface area contributed by atoms with Crippen LogP contribution in [0.15, 0.2) is 42.5 Å². The molecule has 1 heterocycles. The molecule has 0 saturated carbocycles. The van der Waals surface area contributed by atoms with Crippen molar-refractivity contribution in [3.8, 4) is 0 Å². The fraction of sp³-hybridized carbons (Fsp3) is 0.333. The van der Waals surface area contributed by atoms with Crippen LogP contribution >= 0.6 is 0 Å². The lowest BCUT2D eigenvalue weighted by atomic mass is 9.98. The van der Waals surface area contributed by atoms with Crippen LogP contribution in [0.2, 0.25) is 0 Å². The third-order valence-corrected chi connectivity index (χ3v) is 5.19. The van der Waals surface area contributed by atoms with Gasteiger partial charge in [-0.3, -0.25) is 14.9 Å². The number of anilines is 3. The lowest BCUT2D eigenvalue weighted by molar-refractivity contribution is -0.384. The summed E-state index contributed by atoms with van der Waals surface area (Å²) in [6.07, 6.45) is 2.02. The number of carbonyl (C=O) groups excluding carboxylic acids is 2. The van der Waals surface area contributed by atoms with Crippen LogP contribution < -0.4 is 20.9 Å². The Morgan fingerprint density at radius 1 is 1.03 bits per heavy atom. The maximum atomic E-state index is 13.0. The van der Waals surface area contributed by atoms with Crippen LogP contribution in [0, 0.1) is 16.0 Å². The van der Waals surface area contributed by atoms with E-state index in [1.807, 2.05) is 0 Å². The third-order valence-electron chi connectivity index (χ3n) is 5.19. The number of carbonyl (C=O) groups is 2. The van der Waals surface area contributed by atoms with Gasteiger partial charge in [0.05, 0.1) is 16.2 Å². The summed E-state index contributed by atoms with van der Waals surface area (Å²) in [5.74, 6) is 0.206. The number of benzene rings is 2. The van der Waals surface area contributed by atoms with Gasteiger partial charge in [-0.15, -0.1) is 0 Å². The van der Waals surface area contributed by atoms with E-state index in [1.54, 1.807) is 30.3 Å². The van der Waals surface area contributed by atoms with Crippen molar-refractivity contribution < 1.29 is 14.5 Å². The van der Waals surface area contributed by atoms with Crippen molar-refractivity contribution in [3.63, 3.8) is 0 Å². The van der Waals surface area contributed by atoms with Crippen molar-refractivity contribution >= 4 is 34.7 Å². The fourth-order valence-corrected chi connectivity index (χ4v) is 3.37. The molecule has 3 rings (SSSR count). The second-order valence-corrected chi connectivity index (χ2v) is 7.36. The lowest BCUT2D eigenvalue weighted by Crippen LogP contribution is -2.34. The Morgan fingerprint density at radius 2 is 1.63 bits per heavy atom. The molecule has 3 amide bonds. The van der Waals surface area contributed by atoms with Gasteiger partial charge in [-0.1, -0.05) is 6.92 Å². The first-order valence-corrected chi connectivity index (χ1v) is 9.81. The largest absolute Gasteiger partial charge is 0.371 e. The van der Waals surface area contributed by atoms with E-state index < -0.39 is 10.8 Å². The standard InChI is InChI=1S/C21H25N5O4/c1-14-9-11-25(12-10-14)19-8-7-17(26(29)30)13-18(19)20(27)23-15-3-5-16(6-4-15)24-21(28)22-2/h3-8,13-14H,9-12H2,1-2H3,(H,23,27)(H2,22,24,28). The van der Waals surface area contributed by atoms with Gasteiger partial charge in [0.25, 0.3) is 11.6 Å². The van der Waals surface area contributed by atoms with Gasteiger partial charge in [0, 0.05) is 43.6 Å². The van der Waals surface area contributed by atoms with E-state index in [0.717, 1.165) is 25.9 Å². The summed E-state index contributed by atoms with van der Waals surface area (Å²) in [5, 5.41) is 19.1. The topological polar surface area (TPSA) is 117 Å². The Hall–Kier alpha value is -3.62. The van der Waals surface area contributed by atoms with Crippen molar-refractivity contribution in [2.45, 2.75) is 19.8 Å². The minimum atomic E-state index is -0.502. The van der Waals surface area contributed by atoms with Gasteiger partial charge in [0.1, 0.15) is 0 Å². The van der Waals surface area contributed by atoms with Crippen LogP contribution in [0.3, 0.4) is 0 Å². The Labute approximate surface area is 174 Å². The molecule has 0 bridgehead atoms. The number of amides is 3. The highest BCUT2D eigenvalue weighted by Crippen LogP contribution is 2.30. The summed E-state index contributed by atoms with van der Waals surface area (Å²) in [4.78, 5) is 37.2. The Morgan fingerprint density at radius 3 is 2.20 bits per heavy atom. The first kappa shape index (κ1) is 21.1. The molecular weight excluding hydrogens is 386 g/mol. The van der Waals surface area contributed by atoms with Crippen LogP contribution in [0.1, 0.15) is 30.1 Å². The number of nitrogens with zero attached hydrogens (tertiary/aromatic N) is 2. The lowest BCUT2D eigenvalue weighted by Gasteiger charge is -2.33. The highest BCUT2D eigenvalue weighted by atomic mass is 16.6. The molecule has 9 heteroatoms. The van der Waals surface area contributed by atoms with E-state index >= 15 is 0 Å². The van der Waals surface area contributed by atoms with Crippen molar-refractivity contribution in [2.75, 3.05) is 35.7 Å². The first-order valence-electron chi connectivity index (χ1n) is 9.81. The number of piperidine rings is 1. The zero-order valence-corrected chi connectivity index (χ0v) is 17.0. The van der Waals surface area contributed by atoms with Crippen molar-refractivity contribution in [3.05, 3.63) is 58.1 Å². The summed E-state index contributed by atoms with van der Waals surface area (Å²) in [7, 11) is 1.52. The smallest absolute Gasteiger partial charge is 0.318 e. The number of hydrogen-bond donors (Lipinski definition) is 3. The number of nitro groups is 1. The number of rotatable bonds is 5. The molecule has 2 aromatic rings. The van der Waals surface area contributed by atoms with Crippen LogP contribution in [-0.2, 0) is 0 Å². The predicted octanol–water partition coefficient (Wildman–Crippen LogP) is 3.83. The SMILES string of the molecule is CNC(=O)Nc1ccc(NC(=O)c2cc([N+](=O)[O-])ccc2N2CCC(C)CC2)cc1. The van der Waals surface area contributed by atoms with Gasteiger partial charge in [-0.25, -0.2) is 4.79 Å². The van der Waals surface area contributed by atoms with Crippen molar-refractivity contribution in [1.29, 1.82) is 0 Å². The first-order chi connectivity index (χ1) is 14.4. The molecule has 2 aromatic carbocycles. The summed E-state index contributed by atoms with van der Waals surface area (Å²) in [6.45, 7) is 3.81. The van der Waals surface area contributed by atoms with Crippen LogP contribution in [-0.4, -0.2) is 37.0 Å². The molecule has 0 atom stereocenters. The van der Waals surface area contributed by atoms with Crippen LogP contribution in [0.25, 0.3) is 0 Å². The molecule has 1 fully saturated rings. The van der Waals surface area contributed by atoms with E-state index in [1.165, 1.54) is 19.2 Å². The Balaban J connectivity index is 1.82. The number of nitro benzene ring substituents is 1. The predicted molar refractivity (Wildman–Crippen MR) is 116 cm³/mol. The normalized spacial score (nSPS) is 14.1. The van der Waals surface area contributed by atoms with E-state index in [0.29, 0.717) is 23.0 Å². The molecule has 158 valence electrons. The number of nitrogens with one attached hydrogen (secondary N) is 3. The molecule has 0 spiro atoms. The van der Waals surface area contributed by atoms with Gasteiger partial charge in [0.2, 0.25) is 0 Å². The van der Waals surface area contributed by atoms with Crippen LogP contribution in [0.4, 0.5) is 27.5 Å². The summed E-state index contributed by atoms with van der Waals surface area (Å²) < 4.78 is 0. The molecular formula is C21H25N5O4. The van der Waals surface area contributed by atoms with Gasteiger partial charge in [-0.05, 0) is 49.1 Å². The van der Waals surface area contributed by atoms with Gasteiger partial charge in [-0.2, -0.15) is 0 Å². The fourth-order valence-electron chi connectivity index (χ4n) is 3.37. The molecule has 1 saturated heterocycles. The maximum absolute atomic E-state index is 13.0. The van der Waals surface area contributed by atoms with Gasteiger partial charge < -0.3 is 20.9 Å². The number of urea groups is 1. The third kappa shape index (κ3) is 5.05. The highest BCUT2D eigenvalue weighted by molar-refractivity contribution is 6.08. The van der Waals surface area contributed by atoms with E-state index in [2.05, 4.69) is 27.8 Å². The summed E-state index contributed by atoms with van der Waals surface area (Å²) in [6, 6.07) is 10.7. The number of hydrogen-bond acceptors (Lipinski definition) is 5. The molecule has 9 nitrogen and oxygen atoms in total. The molecule has 30 heavy (non-hydrogen) atoms. The van der Waals surface area contributed by atoms with Gasteiger partial charge in [0.15, 0.2) is 0 Å². The van der Waals surface area contributed by atoms with Crippen molar-refractivity contribution in [1.82, 2.24) is 5.32 Å². The molecule has 0 aromatic heterocycles. The zero-order chi connectivity index (χ0) is 21.7. The average Bonchev–Trinajstić information content (AvgIpc) is 2.75. The van der Waals surface area contributed by atoms with Gasteiger partial charge >= 0.3 is 6.03 Å². The molecule has 1 aliphatic rings. The monoisotopic (exact) mass is 411 g/mol. The zero-order valence-electron chi connectivity index (χ0n) is 17.0. The van der Waals surface area contributed by atoms with E-state index in [9.17, 15) is 19.7 Å². The minimum Gasteiger partial charge on any atom is -0.371 e. The number of non-ortho nitro benzene ring substituents is 1. The average molecular weight is 411 g/mol. The Bertz CT molecular complexity index is 937. The Kier molecular flexibility index (Phi) is 6.51. The summed E-state index contributed by atoms with van der Waals surface area (Å²) >= 11 is 0.